The molecule has 54 valence electrons. The molecule has 0 heterocycles. The van der Waals surface area contributed by atoms with Gasteiger partial charge in [0, 0.05) is 0 Å². The zero-order valence-corrected chi connectivity index (χ0v) is 5.63. The Hall–Kier alpha value is -0.120. The Labute approximate surface area is 55.0 Å². The smallest absolute Gasteiger partial charge is 0.124 e. The second-order valence-corrected chi connectivity index (χ2v) is 2.55. The zero-order chi connectivity index (χ0) is 6.69. The van der Waals surface area contributed by atoms with Gasteiger partial charge in [-0.3, -0.25) is 4.84 Å². The Kier molecular flexibility index (Phi) is 2.45. The van der Waals surface area contributed by atoms with Crippen molar-refractivity contribution >= 4 is 0 Å². The highest BCUT2D eigenvalue weighted by atomic mass is 16.7. The van der Waals surface area contributed by atoms with Crippen LogP contribution in [0.5, 0.6) is 0 Å². The minimum Gasteiger partial charge on any atom is -0.377 e. The van der Waals surface area contributed by atoms with Crippen molar-refractivity contribution in [1.29, 1.82) is 0 Å². The number of hydrogen-bond acceptors (Lipinski definition) is 3. The third-order valence-corrected chi connectivity index (χ3v) is 1.27. The molecule has 1 aliphatic rings. The predicted molar refractivity (Wildman–Crippen MR) is 33.5 cm³/mol. The van der Waals surface area contributed by atoms with Crippen LogP contribution in [0, 0.1) is 5.92 Å². The molecule has 1 fully saturated rings. The van der Waals surface area contributed by atoms with E-state index in [0.29, 0.717) is 0 Å². The predicted octanol–water partition coefficient (Wildman–Crippen LogP) is 0.256. The summed E-state index contributed by atoms with van der Waals surface area (Å²) in [6.45, 7) is 2.37. The summed E-state index contributed by atoms with van der Waals surface area (Å²) in [7, 11) is 0. The molecule has 1 unspecified atom stereocenters. The molecule has 0 saturated heterocycles. The summed E-state index contributed by atoms with van der Waals surface area (Å²) in [4.78, 5) is 4.92. The monoisotopic (exact) mass is 131 g/mol. The van der Waals surface area contributed by atoms with Crippen molar-refractivity contribution in [3.05, 3.63) is 0 Å². The minimum absolute atomic E-state index is 0.552. The van der Waals surface area contributed by atoms with Gasteiger partial charge in [-0.25, -0.2) is 0 Å². The number of nitrogens with one attached hydrogen (secondary N) is 1. The molecule has 3 heteroatoms. The van der Waals surface area contributed by atoms with Crippen molar-refractivity contribution in [2.75, 3.05) is 6.61 Å². The Balaban J connectivity index is 1.81. The standard InChI is InChI=1S/C6H13NO2/c1-5(8)7-9-4-6-2-3-6/h5-8H,2-4H2,1H3. The summed E-state index contributed by atoms with van der Waals surface area (Å²) < 4.78 is 0. The van der Waals surface area contributed by atoms with Crippen molar-refractivity contribution in [3.8, 4) is 0 Å². The van der Waals surface area contributed by atoms with Gasteiger partial charge in [-0.05, 0) is 25.7 Å². The van der Waals surface area contributed by atoms with E-state index in [9.17, 15) is 0 Å². The molecule has 0 aromatic heterocycles. The van der Waals surface area contributed by atoms with E-state index >= 15 is 0 Å². The topological polar surface area (TPSA) is 41.5 Å². The van der Waals surface area contributed by atoms with Gasteiger partial charge in [0.05, 0.1) is 6.61 Å². The van der Waals surface area contributed by atoms with Crippen molar-refractivity contribution in [1.82, 2.24) is 5.48 Å². The normalized spacial score (nSPS) is 22.0. The Morgan fingerprint density at radius 2 is 2.44 bits per heavy atom. The molecule has 0 aliphatic heterocycles. The number of hydrogen-bond donors (Lipinski definition) is 2. The maximum Gasteiger partial charge on any atom is 0.124 e. The van der Waals surface area contributed by atoms with E-state index in [1.54, 1.807) is 6.92 Å². The zero-order valence-electron chi connectivity index (χ0n) is 5.63. The third-order valence-electron chi connectivity index (χ3n) is 1.27. The van der Waals surface area contributed by atoms with Gasteiger partial charge < -0.3 is 5.11 Å². The lowest BCUT2D eigenvalue weighted by atomic mass is 10.5. The summed E-state index contributed by atoms with van der Waals surface area (Å²) in [5.74, 6) is 0.747. The van der Waals surface area contributed by atoms with E-state index in [0.717, 1.165) is 12.5 Å². The molecule has 3 nitrogen and oxygen atoms in total. The van der Waals surface area contributed by atoms with Gasteiger partial charge in [-0.1, -0.05) is 0 Å². The number of hydroxylamine groups is 1. The summed E-state index contributed by atoms with van der Waals surface area (Å²) in [5.41, 5.74) is 2.47. The molecular formula is C6H13NO2. The molecule has 0 amide bonds. The summed E-state index contributed by atoms with van der Waals surface area (Å²) >= 11 is 0. The van der Waals surface area contributed by atoms with Gasteiger partial charge in [-0.2, -0.15) is 5.48 Å². The van der Waals surface area contributed by atoms with E-state index in [-0.39, 0.29) is 0 Å². The average molecular weight is 131 g/mol. The van der Waals surface area contributed by atoms with Crippen LogP contribution in [0.4, 0.5) is 0 Å². The molecule has 0 aromatic carbocycles. The lowest BCUT2D eigenvalue weighted by molar-refractivity contribution is -0.0522. The molecule has 9 heavy (non-hydrogen) atoms. The average Bonchev–Trinajstić information content (AvgIpc) is 2.48. The van der Waals surface area contributed by atoms with Crippen LogP contribution in [0.15, 0.2) is 0 Å². The van der Waals surface area contributed by atoms with Crippen molar-refractivity contribution in [3.63, 3.8) is 0 Å². The molecule has 0 aromatic rings. The maximum atomic E-state index is 8.65. The highest BCUT2D eigenvalue weighted by Crippen LogP contribution is 2.28. The van der Waals surface area contributed by atoms with Crippen LogP contribution >= 0.6 is 0 Å². The van der Waals surface area contributed by atoms with E-state index in [4.69, 9.17) is 9.94 Å². The van der Waals surface area contributed by atoms with Gasteiger partial charge in [0.1, 0.15) is 6.23 Å². The lowest BCUT2D eigenvalue weighted by Gasteiger charge is -2.05. The summed E-state index contributed by atoms with van der Waals surface area (Å²) in [6.07, 6.45) is 2.01. The fourth-order valence-corrected chi connectivity index (χ4v) is 0.571. The van der Waals surface area contributed by atoms with E-state index in [1.807, 2.05) is 0 Å². The fraction of sp³-hybridized carbons (Fsp3) is 1.00. The molecular weight excluding hydrogens is 118 g/mol. The minimum atomic E-state index is -0.552. The van der Waals surface area contributed by atoms with Crippen LogP contribution < -0.4 is 5.48 Å². The second kappa shape index (κ2) is 3.15. The van der Waals surface area contributed by atoms with Crippen molar-refractivity contribution in [2.45, 2.75) is 26.0 Å². The van der Waals surface area contributed by atoms with Crippen LogP contribution in [-0.4, -0.2) is 17.9 Å². The number of aliphatic hydroxyl groups is 1. The van der Waals surface area contributed by atoms with Crippen LogP contribution in [0.3, 0.4) is 0 Å². The largest absolute Gasteiger partial charge is 0.377 e. The quantitative estimate of drug-likeness (QED) is 0.424. The Morgan fingerprint density at radius 1 is 1.78 bits per heavy atom. The SMILES string of the molecule is CC(O)NOCC1CC1. The molecule has 2 N–H and O–H groups in total. The maximum absolute atomic E-state index is 8.65. The van der Waals surface area contributed by atoms with Crippen molar-refractivity contribution in [2.24, 2.45) is 5.92 Å². The first-order chi connectivity index (χ1) is 4.29. The molecule has 1 saturated carbocycles. The molecule has 0 spiro atoms. The third kappa shape index (κ3) is 3.46. The molecule has 1 atom stereocenters. The van der Waals surface area contributed by atoms with E-state index in [1.165, 1.54) is 12.8 Å². The van der Waals surface area contributed by atoms with Gasteiger partial charge in [0.2, 0.25) is 0 Å². The second-order valence-electron chi connectivity index (χ2n) is 2.55. The highest BCUT2D eigenvalue weighted by Gasteiger charge is 2.21. The number of rotatable bonds is 4. The van der Waals surface area contributed by atoms with Crippen LogP contribution in [0.2, 0.25) is 0 Å². The lowest BCUT2D eigenvalue weighted by Crippen LogP contribution is -2.26. The van der Waals surface area contributed by atoms with Crippen LogP contribution in [0.1, 0.15) is 19.8 Å². The first kappa shape index (κ1) is 6.99. The number of aliphatic hydroxyl groups excluding tert-OH is 1. The van der Waals surface area contributed by atoms with Gasteiger partial charge in [0.15, 0.2) is 0 Å². The van der Waals surface area contributed by atoms with Gasteiger partial charge >= 0.3 is 0 Å². The van der Waals surface area contributed by atoms with Crippen LogP contribution in [0.25, 0.3) is 0 Å². The fourth-order valence-electron chi connectivity index (χ4n) is 0.571. The van der Waals surface area contributed by atoms with Gasteiger partial charge in [-0.15, -0.1) is 0 Å². The van der Waals surface area contributed by atoms with E-state index < -0.39 is 6.23 Å². The van der Waals surface area contributed by atoms with Gasteiger partial charge in [0.25, 0.3) is 0 Å². The molecule has 1 aliphatic carbocycles. The Morgan fingerprint density at radius 3 is 2.89 bits per heavy atom. The van der Waals surface area contributed by atoms with E-state index in [2.05, 4.69) is 5.48 Å². The van der Waals surface area contributed by atoms with Crippen molar-refractivity contribution < 1.29 is 9.94 Å². The molecule has 0 radical (unpaired) electrons. The highest BCUT2D eigenvalue weighted by molar-refractivity contribution is 4.71. The summed E-state index contributed by atoms with van der Waals surface area (Å²) in [5, 5.41) is 8.65. The van der Waals surface area contributed by atoms with Crippen LogP contribution in [-0.2, 0) is 4.84 Å². The Bertz CT molecular complexity index is 79.1. The summed E-state index contributed by atoms with van der Waals surface area (Å²) in [6, 6.07) is 0. The first-order valence-corrected chi connectivity index (χ1v) is 3.34. The first-order valence-electron chi connectivity index (χ1n) is 3.34. The molecule has 1 rings (SSSR count). The molecule has 0 bridgehead atoms.